The minimum absolute atomic E-state index is 0.493. The molecule has 0 atom stereocenters. The number of hydrogen-bond donors (Lipinski definition) is 1. The van der Waals surface area contributed by atoms with Gasteiger partial charge in [0.2, 0.25) is 0 Å². The highest BCUT2D eigenvalue weighted by Crippen LogP contribution is 2.15. The molecule has 0 saturated heterocycles. The van der Waals surface area contributed by atoms with E-state index in [2.05, 4.69) is 4.98 Å². The Kier molecular flexibility index (Phi) is 2.65. The summed E-state index contributed by atoms with van der Waals surface area (Å²) in [6.45, 7) is 0.493. The van der Waals surface area contributed by atoms with Crippen molar-refractivity contribution in [1.82, 2.24) is 4.98 Å². The van der Waals surface area contributed by atoms with Crippen molar-refractivity contribution in [2.75, 3.05) is 5.73 Å². The van der Waals surface area contributed by atoms with E-state index in [4.69, 9.17) is 10.5 Å². The molecule has 1 heterocycles. The molecule has 2 aromatic rings. The molecule has 0 aliphatic heterocycles. The first-order valence-electron chi connectivity index (χ1n) is 4.20. The van der Waals surface area contributed by atoms with Gasteiger partial charge in [-0.2, -0.15) is 0 Å². The van der Waals surface area contributed by atoms with Gasteiger partial charge in [0.1, 0.15) is 12.4 Å². The minimum Gasteiger partial charge on any atom is -0.487 e. The van der Waals surface area contributed by atoms with Gasteiger partial charge in [-0.05, 0) is 12.1 Å². The van der Waals surface area contributed by atoms with Crippen molar-refractivity contribution >= 4 is 17.0 Å². The number of nitrogen functional groups attached to an aromatic ring is 1. The second-order valence-corrected chi connectivity index (χ2v) is 3.56. The molecule has 0 amide bonds. The Morgan fingerprint density at radius 3 is 3.07 bits per heavy atom. The molecule has 0 saturated carbocycles. The van der Waals surface area contributed by atoms with Crippen molar-refractivity contribution in [3.63, 3.8) is 0 Å². The summed E-state index contributed by atoms with van der Waals surface area (Å²) >= 11 is 1.56. The maximum absolute atomic E-state index is 5.61. The van der Waals surface area contributed by atoms with Gasteiger partial charge in [-0.3, -0.25) is 0 Å². The number of thiazole rings is 1. The van der Waals surface area contributed by atoms with Crippen LogP contribution in [0.3, 0.4) is 0 Å². The average Bonchev–Trinajstić information content (AvgIpc) is 2.67. The molecule has 0 bridgehead atoms. The topological polar surface area (TPSA) is 48.1 Å². The number of ether oxygens (including phenoxy) is 1. The number of rotatable bonds is 3. The van der Waals surface area contributed by atoms with E-state index in [0.29, 0.717) is 12.3 Å². The molecule has 2 N–H and O–H groups in total. The van der Waals surface area contributed by atoms with E-state index in [1.54, 1.807) is 22.9 Å². The summed E-state index contributed by atoms with van der Waals surface area (Å²) in [6.07, 6.45) is 0. The second kappa shape index (κ2) is 4.11. The number of aromatic nitrogens is 1. The third-order valence-electron chi connectivity index (χ3n) is 1.73. The van der Waals surface area contributed by atoms with Crippen LogP contribution in [0.2, 0.25) is 0 Å². The van der Waals surface area contributed by atoms with Crippen LogP contribution in [0, 0.1) is 0 Å². The molecule has 0 radical (unpaired) electrons. The molecule has 1 aromatic carbocycles. The van der Waals surface area contributed by atoms with Crippen molar-refractivity contribution in [2.45, 2.75) is 6.61 Å². The molecule has 2 rings (SSSR count). The Bertz CT molecular complexity index is 400. The number of benzene rings is 1. The van der Waals surface area contributed by atoms with Crippen LogP contribution in [-0.2, 0) is 6.61 Å². The summed E-state index contributed by atoms with van der Waals surface area (Å²) in [7, 11) is 0. The van der Waals surface area contributed by atoms with Crippen molar-refractivity contribution in [3.05, 3.63) is 40.8 Å². The summed E-state index contributed by atoms with van der Waals surface area (Å²) in [5, 5.41) is 1.96. The summed E-state index contributed by atoms with van der Waals surface area (Å²) in [5.41, 5.74) is 9.05. The van der Waals surface area contributed by atoms with Gasteiger partial charge in [-0.1, -0.05) is 6.07 Å². The third-order valence-corrected chi connectivity index (χ3v) is 2.36. The molecule has 4 heteroatoms. The van der Waals surface area contributed by atoms with Gasteiger partial charge < -0.3 is 10.5 Å². The zero-order valence-electron chi connectivity index (χ0n) is 7.51. The van der Waals surface area contributed by atoms with E-state index in [-0.39, 0.29) is 0 Å². The quantitative estimate of drug-likeness (QED) is 0.784. The van der Waals surface area contributed by atoms with Crippen LogP contribution in [0.5, 0.6) is 5.75 Å². The van der Waals surface area contributed by atoms with E-state index >= 15 is 0 Å². The van der Waals surface area contributed by atoms with Gasteiger partial charge in [0.05, 0.1) is 11.2 Å². The van der Waals surface area contributed by atoms with Crippen molar-refractivity contribution < 1.29 is 4.74 Å². The lowest BCUT2D eigenvalue weighted by Gasteiger charge is -2.04. The van der Waals surface area contributed by atoms with Crippen LogP contribution in [0.15, 0.2) is 35.2 Å². The Balaban J connectivity index is 1.98. The summed E-state index contributed by atoms with van der Waals surface area (Å²) < 4.78 is 5.50. The van der Waals surface area contributed by atoms with Gasteiger partial charge in [0.25, 0.3) is 0 Å². The van der Waals surface area contributed by atoms with Crippen LogP contribution in [0.1, 0.15) is 5.69 Å². The maximum Gasteiger partial charge on any atom is 0.131 e. The molecular weight excluding hydrogens is 196 g/mol. The summed E-state index contributed by atoms with van der Waals surface area (Å²) in [6, 6.07) is 7.37. The van der Waals surface area contributed by atoms with Crippen LogP contribution >= 0.6 is 11.3 Å². The van der Waals surface area contributed by atoms with E-state index in [0.717, 1.165) is 11.4 Å². The van der Waals surface area contributed by atoms with Gasteiger partial charge in [-0.15, -0.1) is 11.3 Å². The van der Waals surface area contributed by atoms with E-state index in [1.165, 1.54) is 0 Å². The lowest BCUT2D eigenvalue weighted by Crippen LogP contribution is -1.95. The van der Waals surface area contributed by atoms with E-state index < -0.39 is 0 Å². The highest BCUT2D eigenvalue weighted by atomic mass is 32.1. The van der Waals surface area contributed by atoms with Gasteiger partial charge in [0.15, 0.2) is 0 Å². The normalized spacial score (nSPS) is 10.0. The predicted molar refractivity (Wildman–Crippen MR) is 57.3 cm³/mol. The number of nitrogens with two attached hydrogens (primary N) is 1. The molecule has 14 heavy (non-hydrogen) atoms. The molecule has 0 unspecified atom stereocenters. The molecular formula is C10H10N2OS. The first-order chi connectivity index (χ1) is 6.84. The SMILES string of the molecule is Nc1cccc(OCc2cscn2)c1. The lowest BCUT2D eigenvalue weighted by atomic mass is 10.3. The van der Waals surface area contributed by atoms with Crippen LogP contribution in [-0.4, -0.2) is 4.98 Å². The first-order valence-corrected chi connectivity index (χ1v) is 5.14. The molecule has 3 nitrogen and oxygen atoms in total. The highest BCUT2D eigenvalue weighted by Gasteiger charge is 1.97. The Morgan fingerprint density at radius 1 is 1.43 bits per heavy atom. The number of anilines is 1. The van der Waals surface area contributed by atoms with Crippen LogP contribution < -0.4 is 10.5 Å². The fourth-order valence-electron chi connectivity index (χ4n) is 1.07. The lowest BCUT2D eigenvalue weighted by molar-refractivity contribution is 0.302. The fraction of sp³-hybridized carbons (Fsp3) is 0.100. The predicted octanol–water partition coefficient (Wildman–Crippen LogP) is 2.30. The van der Waals surface area contributed by atoms with Gasteiger partial charge >= 0.3 is 0 Å². The Hall–Kier alpha value is -1.55. The Labute approximate surface area is 86.2 Å². The zero-order valence-corrected chi connectivity index (χ0v) is 8.33. The first kappa shape index (κ1) is 9.02. The Morgan fingerprint density at radius 2 is 2.36 bits per heavy atom. The molecule has 0 aliphatic rings. The maximum atomic E-state index is 5.61. The number of hydrogen-bond acceptors (Lipinski definition) is 4. The molecule has 0 spiro atoms. The summed E-state index contributed by atoms with van der Waals surface area (Å²) in [4.78, 5) is 4.12. The second-order valence-electron chi connectivity index (χ2n) is 2.84. The van der Waals surface area contributed by atoms with Crippen molar-refractivity contribution in [3.8, 4) is 5.75 Å². The highest BCUT2D eigenvalue weighted by molar-refractivity contribution is 7.07. The van der Waals surface area contributed by atoms with Crippen molar-refractivity contribution in [1.29, 1.82) is 0 Å². The van der Waals surface area contributed by atoms with E-state index in [9.17, 15) is 0 Å². The van der Waals surface area contributed by atoms with E-state index in [1.807, 2.05) is 23.6 Å². The van der Waals surface area contributed by atoms with Gasteiger partial charge in [0, 0.05) is 17.1 Å². The fourth-order valence-corrected chi connectivity index (χ4v) is 1.61. The minimum atomic E-state index is 0.493. The molecule has 0 fully saturated rings. The molecule has 1 aromatic heterocycles. The molecule has 0 aliphatic carbocycles. The average molecular weight is 206 g/mol. The monoisotopic (exact) mass is 206 g/mol. The number of nitrogens with zero attached hydrogens (tertiary/aromatic N) is 1. The third kappa shape index (κ3) is 2.23. The largest absolute Gasteiger partial charge is 0.487 e. The van der Waals surface area contributed by atoms with Crippen LogP contribution in [0.4, 0.5) is 5.69 Å². The smallest absolute Gasteiger partial charge is 0.131 e. The standard InChI is InChI=1S/C10H10N2OS/c11-8-2-1-3-10(4-8)13-5-9-6-14-7-12-9/h1-4,6-7H,5,11H2. The van der Waals surface area contributed by atoms with Gasteiger partial charge in [-0.25, -0.2) is 4.98 Å². The van der Waals surface area contributed by atoms with Crippen LogP contribution in [0.25, 0.3) is 0 Å². The summed E-state index contributed by atoms with van der Waals surface area (Å²) in [5.74, 6) is 0.776. The van der Waals surface area contributed by atoms with Crippen molar-refractivity contribution in [2.24, 2.45) is 0 Å². The molecule has 72 valence electrons. The zero-order chi connectivity index (χ0) is 9.80.